The van der Waals surface area contributed by atoms with Crippen molar-refractivity contribution in [3.8, 4) is 0 Å². The Bertz CT molecular complexity index is 1130. The molecular weight excluding hydrogens is 366 g/mol. The van der Waals surface area contributed by atoms with Crippen molar-refractivity contribution >= 4 is 16.8 Å². The molecule has 1 amide bonds. The van der Waals surface area contributed by atoms with Gasteiger partial charge in [0.1, 0.15) is 6.04 Å². The number of rotatable bonds is 4. The molecule has 2 aromatic carbocycles. The van der Waals surface area contributed by atoms with Gasteiger partial charge in [0, 0.05) is 13.1 Å². The van der Waals surface area contributed by atoms with Gasteiger partial charge in [-0.1, -0.05) is 42.5 Å². The van der Waals surface area contributed by atoms with Crippen LogP contribution in [0, 0.1) is 5.92 Å². The molecule has 1 fully saturated rings. The van der Waals surface area contributed by atoms with E-state index in [9.17, 15) is 14.4 Å². The van der Waals surface area contributed by atoms with E-state index in [2.05, 4.69) is 29.2 Å². The standard InChI is InChI=1S/C23H25N3O3/c1-16(26-22(28)19-9-5-6-10-20(19)24-23(26)29)21(27)25-13-11-18(12-14-25)15-17-7-3-2-4-8-17/h2-10,16,18H,11-15H2,1H3,(H,24,29). The minimum atomic E-state index is -0.832. The first-order chi connectivity index (χ1) is 14.0. The van der Waals surface area contributed by atoms with E-state index in [1.54, 1.807) is 36.1 Å². The minimum absolute atomic E-state index is 0.175. The average molecular weight is 391 g/mol. The number of nitrogens with one attached hydrogen (secondary N) is 1. The van der Waals surface area contributed by atoms with E-state index >= 15 is 0 Å². The molecule has 150 valence electrons. The third-order valence-electron chi connectivity index (χ3n) is 5.87. The van der Waals surface area contributed by atoms with E-state index in [1.807, 2.05) is 6.07 Å². The van der Waals surface area contributed by atoms with Crippen LogP contribution >= 0.6 is 0 Å². The third kappa shape index (κ3) is 3.88. The summed E-state index contributed by atoms with van der Waals surface area (Å²) in [5.74, 6) is 0.370. The first-order valence-electron chi connectivity index (χ1n) is 10.1. The zero-order valence-corrected chi connectivity index (χ0v) is 16.5. The number of likely N-dealkylation sites (tertiary alicyclic amines) is 1. The highest BCUT2D eigenvalue weighted by Crippen LogP contribution is 2.23. The molecule has 0 spiro atoms. The Morgan fingerprint density at radius 2 is 1.69 bits per heavy atom. The van der Waals surface area contributed by atoms with Gasteiger partial charge < -0.3 is 9.88 Å². The zero-order valence-electron chi connectivity index (χ0n) is 16.5. The summed E-state index contributed by atoms with van der Waals surface area (Å²) in [5.41, 5.74) is 0.831. The van der Waals surface area contributed by atoms with Gasteiger partial charge in [0.25, 0.3) is 5.56 Å². The van der Waals surface area contributed by atoms with Crippen molar-refractivity contribution in [1.82, 2.24) is 14.5 Å². The zero-order chi connectivity index (χ0) is 20.4. The number of carbonyl (C=O) groups excluding carboxylic acids is 1. The molecule has 2 heterocycles. The maximum atomic E-state index is 13.0. The molecule has 0 aliphatic carbocycles. The second-order valence-corrected chi connectivity index (χ2v) is 7.79. The van der Waals surface area contributed by atoms with E-state index in [0.29, 0.717) is 29.9 Å². The highest BCUT2D eigenvalue weighted by Gasteiger charge is 2.28. The Morgan fingerprint density at radius 1 is 1.03 bits per heavy atom. The van der Waals surface area contributed by atoms with Gasteiger partial charge in [-0.15, -0.1) is 0 Å². The van der Waals surface area contributed by atoms with Gasteiger partial charge in [-0.3, -0.25) is 9.59 Å². The number of hydrogen-bond acceptors (Lipinski definition) is 3. The molecule has 6 heteroatoms. The smallest absolute Gasteiger partial charge is 0.329 e. The quantitative estimate of drug-likeness (QED) is 0.743. The van der Waals surface area contributed by atoms with Crippen LogP contribution in [-0.4, -0.2) is 33.4 Å². The van der Waals surface area contributed by atoms with Crippen LogP contribution in [0.2, 0.25) is 0 Å². The van der Waals surface area contributed by atoms with Crippen LogP contribution in [0.4, 0.5) is 0 Å². The Balaban J connectivity index is 1.47. The Kier molecular flexibility index (Phi) is 5.34. The molecule has 0 radical (unpaired) electrons. The van der Waals surface area contributed by atoms with Gasteiger partial charge in [-0.05, 0) is 49.8 Å². The first kappa shape index (κ1) is 19.2. The summed E-state index contributed by atoms with van der Waals surface area (Å²) in [6.45, 7) is 2.94. The second-order valence-electron chi connectivity index (χ2n) is 7.79. The van der Waals surface area contributed by atoms with Crippen molar-refractivity contribution in [2.24, 2.45) is 5.92 Å². The Morgan fingerprint density at radius 3 is 2.41 bits per heavy atom. The fraction of sp³-hybridized carbons (Fsp3) is 0.348. The molecule has 29 heavy (non-hydrogen) atoms. The lowest BCUT2D eigenvalue weighted by Crippen LogP contribution is -2.47. The number of carbonyl (C=O) groups is 1. The fourth-order valence-corrected chi connectivity index (χ4v) is 4.21. The van der Waals surface area contributed by atoms with Gasteiger partial charge in [-0.2, -0.15) is 0 Å². The lowest BCUT2D eigenvalue weighted by Gasteiger charge is -2.33. The molecule has 6 nitrogen and oxygen atoms in total. The summed E-state index contributed by atoms with van der Waals surface area (Å²) >= 11 is 0. The third-order valence-corrected chi connectivity index (χ3v) is 5.87. The molecule has 0 saturated carbocycles. The van der Waals surface area contributed by atoms with E-state index in [4.69, 9.17) is 0 Å². The van der Waals surface area contributed by atoms with Crippen LogP contribution in [0.1, 0.15) is 31.4 Å². The number of nitrogens with zero attached hydrogens (tertiary/aromatic N) is 2. The molecule has 1 atom stereocenters. The monoisotopic (exact) mass is 391 g/mol. The van der Waals surface area contributed by atoms with Crippen molar-refractivity contribution in [3.05, 3.63) is 81.0 Å². The number of benzene rings is 2. The van der Waals surface area contributed by atoms with Crippen LogP contribution < -0.4 is 11.2 Å². The van der Waals surface area contributed by atoms with Crippen LogP contribution in [0.15, 0.2) is 64.2 Å². The van der Waals surface area contributed by atoms with E-state index < -0.39 is 17.3 Å². The van der Waals surface area contributed by atoms with Gasteiger partial charge in [0.05, 0.1) is 10.9 Å². The number of amides is 1. The van der Waals surface area contributed by atoms with Crippen LogP contribution in [0.3, 0.4) is 0 Å². The van der Waals surface area contributed by atoms with Crippen LogP contribution in [0.25, 0.3) is 10.9 Å². The van der Waals surface area contributed by atoms with Crippen LogP contribution in [0.5, 0.6) is 0 Å². The number of hydrogen-bond donors (Lipinski definition) is 1. The number of piperidine rings is 1. The summed E-state index contributed by atoms with van der Waals surface area (Å²) in [4.78, 5) is 42.8. The summed E-state index contributed by atoms with van der Waals surface area (Å²) in [6, 6.07) is 16.4. The first-order valence-corrected chi connectivity index (χ1v) is 10.1. The molecule has 0 bridgehead atoms. The summed E-state index contributed by atoms with van der Waals surface area (Å²) in [6.07, 6.45) is 2.87. The van der Waals surface area contributed by atoms with Gasteiger partial charge in [0.15, 0.2) is 0 Å². The van der Waals surface area contributed by atoms with Crippen LogP contribution in [-0.2, 0) is 11.2 Å². The highest BCUT2D eigenvalue weighted by atomic mass is 16.2. The second kappa shape index (κ2) is 8.07. The number of H-pyrrole nitrogens is 1. The fourth-order valence-electron chi connectivity index (χ4n) is 4.21. The molecule has 4 rings (SSSR count). The summed E-state index contributed by atoms with van der Waals surface area (Å²) < 4.78 is 1.04. The maximum absolute atomic E-state index is 13.0. The molecule has 1 unspecified atom stereocenters. The molecule has 1 N–H and O–H groups in total. The van der Waals surface area contributed by atoms with Crippen molar-refractivity contribution in [2.45, 2.75) is 32.2 Å². The molecule has 3 aromatic rings. The van der Waals surface area contributed by atoms with Crippen molar-refractivity contribution in [3.63, 3.8) is 0 Å². The summed E-state index contributed by atoms with van der Waals surface area (Å²) in [5, 5.41) is 0.410. The van der Waals surface area contributed by atoms with E-state index in [0.717, 1.165) is 23.8 Å². The topological polar surface area (TPSA) is 75.2 Å². The number of aromatic amines is 1. The normalized spacial score (nSPS) is 16.1. The predicted molar refractivity (Wildman–Crippen MR) is 113 cm³/mol. The molecular formula is C23H25N3O3. The van der Waals surface area contributed by atoms with Gasteiger partial charge in [-0.25, -0.2) is 9.36 Å². The maximum Gasteiger partial charge on any atom is 0.329 e. The Hall–Kier alpha value is -3.15. The molecule has 1 saturated heterocycles. The molecule has 1 aliphatic heterocycles. The van der Waals surface area contributed by atoms with E-state index in [1.165, 1.54) is 5.56 Å². The largest absolute Gasteiger partial charge is 0.341 e. The lowest BCUT2D eigenvalue weighted by molar-refractivity contribution is -0.135. The van der Waals surface area contributed by atoms with Crippen molar-refractivity contribution < 1.29 is 4.79 Å². The minimum Gasteiger partial charge on any atom is -0.341 e. The number of para-hydroxylation sites is 1. The molecule has 1 aliphatic rings. The average Bonchev–Trinajstić information content (AvgIpc) is 2.74. The predicted octanol–water partition coefficient (Wildman–Crippen LogP) is 2.73. The highest BCUT2D eigenvalue weighted by molar-refractivity contribution is 5.81. The van der Waals surface area contributed by atoms with Crippen molar-refractivity contribution in [1.29, 1.82) is 0 Å². The van der Waals surface area contributed by atoms with Gasteiger partial charge in [0.2, 0.25) is 5.91 Å². The lowest BCUT2D eigenvalue weighted by atomic mass is 9.90. The number of aromatic nitrogens is 2. The molecule has 1 aromatic heterocycles. The Labute approximate surface area is 168 Å². The van der Waals surface area contributed by atoms with E-state index in [-0.39, 0.29) is 5.91 Å². The van der Waals surface area contributed by atoms with Crippen molar-refractivity contribution in [2.75, 3.05) is 13.1 Å². The number of fused-ring (bicyclic) bond motifs is 1. The van der Waals surface area contributed by atoms with Gasteiger partial charge >= 0.3 is 5.69 Å². The summed E-state index contributed by atoms with van der Waals surface area (Å²) in [7, 11) is 0. The SMILES string of the molecule is CC(C(=O)N1CCC(Cc2ccccc2)CC1)n1c(=O)[nH]c2ccccc2c1=O.